The van der Waals surface area contributed by atoms with Gasteiger partial charge in [0.1, 0.15) is 0 Å². The maximum absolute atomic E-state index is 11.1. The minimum atomic E-state index is -0.327. The summed E-state index contributed by atoms with van der Waals surface area (Å²) in [5, 5.41) is 10.6. The first-order valence-corrected chi connectivity index (χ1v) is 11.5. The molecule has 0 rings (SSSR count). The Balaban J connectivity index is 3.92. The van der Waals surface area contributed by atoms with Gasteiger partial charge in [-0.2, -0.15) is 0 Å². The molecule has 27 heavy (non-hydrogen) atoms. The lowest BCUT2D eigenvalue weighted by atomic mass is 9.99. The van der Waals surface area contributed by atoms with Gasteiger partial charge in [-0.3, -0.25) is 4.79 Å². The van der Waals surface area contributed by atoms with Gasteiger partial charge in [-0.1, -0.05) is 84.5 Å². The number of unbranched alkanes of at least 4 members (excludes halogenated alkanes) is 10. The van der Waals surface area contributed by atoms with Crippen LogP contribution in [0.2, 0.25) is 0 Å². The molecule has 2 unspecified atom stereocenters. The van der Waals surface area contributed by atoms with E-state index in [1.54, 1.807) is 0 Å². The molecular formula is C23H46O4. The van der Waals surface area contributed by atoms with Gasteiger partial charge in [-0.05, 0) is 25.7 Å². The zero-order valence-electron chi connectivity index (χ0n) is 18.3. The van der Waals surface area contributed by atoms with Crippen molar-refractivity contribution in [2.45, 2.75) is 129 Å². The van der Waals surface area contributed by atoms with E-state index >= 15 is 0 Å². The maximum Gasteiger partial charge on any atom is 0.305 e. The third-order valence-electron chi connectivity index (χ3n) is 5.21. The second-order valence-electron chi connectivity index (χ2n) is 7.77. The summed E-state index contributed by atoms with van der Waals surface area (Å²) in [6, 6.07) is 0. The number of carbonyl (C=O) groups excluding carboxylic acids is 1. The number of ether oxygens (including phenoxy) is 2. The van der Waals surface area contributed by atoms with Crippen molar-refractivity contribution in [3.05, 3.63) is 0 Å². The van der Waals surface area contributed by atoms with E-state index in [0.29, 0.717) is 6.42 Å². The molecule has 2 atom stereocenters. The molecule has 0 aliphatic heterocycles. The molecule has 0 heterocycles. The number of carbonyl (C=O) groups is 1. The van der Waals surface area contributed by atoms with E-state index in [1.807, 2.05) is 0 Å². The molecule has 0 fully saturated rings. The number of aliphatic hydroxyl groups excluding tert-OH is 1. The fourth-order valence-corrected chi connectivity index (χ4v) is 3.33. The predicted molar refractivity (Wildman–Crippen MR) is 113 cm³/mol. The first-order valence-electron chi connectivity index (χ1n) is 11.5. The van der Waals surface area contributed by atoms with Crippen LogP contribution in [0.5, 0.6) is 0 Å². The minimum Gasteiger partial charge on any atom is -0.469 e. The number of rotatable bonds is 20. The highest BCUT2D eigenvalue weighted by molar-refractivity contribution is 5.68. The standard InChI is InChI=1S/C23H46O4/c1-4-6-8-9-11-14-17-21(24)22(27-20-7-5-2)18-15-12-10-13-16-19-23(25)26-3/h21-22,24H,4-20H2,1-3H3. The number of methoxy groups -OCH3 is 1. The number of hydrogen-bond acceptors (Lipinski definition) is 4. The molecule has 0 bridgehead atoms. The SMILES string of the molecule is CCCCCCCCC(O)C(CCCCCCCC(=O)OC)OCCCC. The Morgan fingerprint density at radius 3 is 1.96 bits per heavy atom. The minimum absolute atomic E-state index is 0.0118. The Labute approximate surface area is 168 Å². The normalized spacial score (nSPS) is 13.5. The largest absolute Gasteiger partial charge is 0.469 e. The molecule has 4 heteroatoms. The lowest BCUT2D eigenvalue weighted by molar-refractivity contribution is -0.140. The lowest BCUT2D eigenvalue weighted by Crippen LogP contribution is -2.29. The molecule has 0 aromatic heterocycles. The molecule has 0 radical (unpaired) electrons. The molecule has 162 valence electrons. The molecule has 4 nitrogen and oxygen atoms in total. The zero-order chi connectivity index (χ0) is 20.2. The smallest absolute Gasteiger partial charge is 0.305 e. The van der Waals surface area contributed by atoms with Crippen LogP contribution < -0.4 is 0 Å². The van der Waals surface area contributed by atoms with Crippen molar-refractivity contribution in [3.63, 3.8) is 0 Å². The summed E-state index contributed by atoms with van der Waals surface area (Å²) in [6.45, 7) is 5.16. The van der Waals surface area contributed by atoms with Crippen molar-refractivity contribution in [2.75, 3.05) is 13.7 Å². The van der Waals surface area contributed by atoms with E-state index in [2.05, 4.69) is 18.6 Å². The highest BCUT2D eigenvalue weighted by atomic mass is 16.5. The van der Waals surface area contributed by atoms with Gasteiger partial charge in [0.15, 0.2) is 0 Å². The van der Waals surface area contributed by atoms with Crippen molar-refractivity contribution in [1.82, 2.24) is 0 Å². The average molecular weight is 387 g/mol. The second kappa shape index (κ2) is 20.1. The van der Waals surface area contributed by atoms with E-state index in [-0.39, 0.29) is 18.2 Å². The quantitative estimate of drug-likeness (QED) is 0.200. The highest BCUT2D eigenvalue weighted by Gasteiger charge is 2.19. The van der Waals surface area contributed by atoms with E-state index < -0.39 is 0 Å². The van der Waals surface area contributed by atoms with Crippen LogP contribution in [0.4, 0.5) is 0 Å². The molecule has 0 amide bonds. The predicted octanol–water partition coefficient (Wildman–Crippen LogP) is 6.19. The van der Waals surface area contributed by atoms with Crippen LogP contribution in [-0.4, -0.2) is 37.0 Å². The van der Waals surface area contributed by atoms with Gasteiger partial charge in [-0.25, -0.2) is 0 Å². The molecule has 1 N–H and O–H groups in total. The van der Waals surface area contributed by atoms with Gasteiger partial charge in [0.05, 0.1) is 19.3 Å². The molecular weight excluding hydrogens is 340 g/mol. The van der Waals surface area contributed by atoms with Gasteiger partial charge in [0.25, 0.3) is 0 Å². The summed E-state index contributed by atoms with van der Waals surface area (Å²) in [4.78, 5) is 11.1. The fraction of sp³-hybridized carbons (Fsp3) is 0.957. The molecule has 0 aliphatic rings. The molecule has 0 aromatic rings. The third-order valence-corrected chi connectivity index (χ3v) is 5.21. The zero-order valence-corrected chi connectivity index (χ0v) is 18.3. The van der Waals surface area contributed by atoms with E-state index in [9.17, 15) is 9.90 Å². The molecule has 0 aliphatic carbocycles. The summed E-state index contributed by atoms with van der Waals surface area (Å²) in [5.41, 5.74) is 0. The Hall–Kier alpha value is -0.610. The van der Waals surface area contributed by atoms with Crippen molar-refractivity contribution >= 4 is 5.97 Å². The van der Waals surface area contributed by atoms with Crippen molar-refractivity contribution in [2.24, 2.45) is 0 Å². The summed E-state index contributed by atoms with van der Waals surface area (Å²) in [7, 11) is 1.44. The number of aliphatic hydroxyl groups is 1. The number of hydrogen-bond donors (Lipinski definition) is 1. The molecule has 0 saturated heterocycles. The van der Waals surface area contributed by atoms with Crippen LogP contribution in [0.25, 0.3) is 0 Å². The van der Waals surface area contributed by atoms with Crippen molar-refractivity contribution < 1.29 is 19.4 Å². The first kappa shape index (κ1) is 26.4. The maximum atomic E-state index is 11.1. The molecule has 0 spiro atoms. The Kier molecular flexibility index (Phi) is 19.7. The van der Waals surface area contributed by atoms with Gasteiger partial charge >= 0.3 is 5.97 Å². The van der Waals surface area contributed by atoms with E-state index in [1.165, 1.54) is 39.2 Å². The Morgan fingerprint density at radius 1 is 0.778 bits per heavy atom. The molecule has 0 aromatic carbocycles. The Morgan fingerprint density at radius 2 is 1.33 bits per heavy atom. The van der Waals surface area contributed by atoms with Crippen LogP contribution in [0, 0.1) is 0 Å². The Bertz CT molecular complexity index is 320. The summed E-state index contributed by atoms with van der Waals surface area (Å²) in [6.07, 6.45) is 17.0. The van der Waals surface area contributed by atoms with Gasteiger partial charge < -0.3 is 14.6 Å². The van der Waals surface area contributed by atoms with Crippen LogP contribution >= 0.6 is 0 Å². The average Bonchev–Trinajstić information content (AvgIpc) is 2.68. The fourth-order valence-electron chi connectivity index (χ4n) is 3.33. The first-order chi connectivity index (χ1) is 13.2. The van der Waals surface area contributed by atoms with E-state index in [4.69, 9.17) is 4.74 Å². The molecule has 0 saturated carbocycles. The third kappa shape index (κ3) is 17.2. The number of esters is 1. The summed E-state index contributed by atoms with van der Waals surface area (Å²) >= 11 is 0. The van der Waals surface area contributed by atoms with Crippen LogP contribution in [0.15, 0.2) is 0 Å². The van der Waals surface area contributed by atoms with Crippen molar-refractivity contribution in [1.29, 1.82) is 0 Å². The van der Waals surface area contributed by atoms with Crippen LogP contribution in [0.1, 0.15) is 117 Å². The summed E-state index contributed by atoms with van der Waals surface area (Å²) in [5.74, 6) is -0.114. The van der Waals surface area contributed by atoms with Gasteiger partial charge in [0, 0.05) is 13.0 Å². The van der Waals surface area contributed by atoms with Crippen LogP contribution in [-0.2, 0) is 14.3 Å². The van der Waals surface area contributed by atoms with Crippen molar-refractivity contribution in [3.8, 4) is 0 Å². The van der Waals surface area contributed by atoms with Gasteiger partial charge in [-0.15, -0.1) is 0 Å². The van der Waals surface area contributed by atoms with E-state index in [0.717, 1.165) is 70.8 Å². The second-order valence-corrected chi connectivity index (χ2v) is 7.77. The van der Waals surface area contributed by atoms with Crippen LogP contribution in [0.3, 0.4) is 0 Å². The monoisotopic (exact) mass is 386 g/mol. The van der Waals surface area contributed by atoms with Gasteiger partial charge in [0.2, 0.25) is 0 Å². The topological polar surface area (TPSA) is 55.8 Å². The highest BCUT2D eigenvalue weighted by Crippen LogP contribution is 2.18. The summed E-state index contributed by atoms with van der Waals surface area (Å²) < 4.78 is 10.7. The lowest BCUT2D eigenvalue weighted by Gasteiger charge is -2.23.